The molecule has 0 saturated carbocycles. The Labute approximate surface area is 212 Å². The zero-order valence-corrected chi connectivity index (χ0v) is 20.1. The van der Waals surface area contributed by atoms with E-state index in [2.05, 4.69) is 10.1 Å². The van der Waals surface area contributed by atoms with Crippen LogP contribution in [-0.2, 0) is 6.18 Å². The van der Waals surface area contributed by atoms with Crippen LogP contribution in [0.25, 0.3) is 22.3 Å². The first-order chi connectivity index (χ1) is 17.5. The summed E-state index contributed by atoms with van der Waals surface area (Å²) < 4.78 is 46.6. The molecule has 0 bridgehead atoms. The molecule has 4 rings (SSSR count). The number of nitro groups is 1. The van der Waals surface area contributed by atoms with E-state index in [4.69, 9.17) is 16.3 Å². The van der Waals surface area contributed by atoms with E-state index >= 15 is 0 Å². The molecule has 8 nitrogen and oxygen atoms in total. The molecule has 0 aliphatic rings. The number of fused-ring (bicyclic) bond motifs is 1. The van der Waals surface area contributed by atoms with Crippen molar-refractivity contribution in [2.24, 2.45) is 5.10 Å². The van der Waals surface area contributed by atoms with Gasteiger partial charge >= 0.3 is 11.9 Å². The van der Waals surface area contributed by atoms with Crippen LogP contribution in [0.4, 0.5) is 18.9 Å². The number of hydrogen-bond donors (Lipinski definition) is 0. The van der Waals surface area contributed by atoms with Crippen LogP contribution < -0.4 is 10.3 Å². The second-order valence-electron chi connectivity index (χ2n) is 8.16. The van der Waals surface area contributed by atoms with Crippen LogP contribution in [0, 0.1) is 10.1 Å². The van der Waals surface area contributed by atoms with Gasteiger partial charge in [0.15, 0.2) is 5.82 Å². The fraction of sp³-hybridized carbons (Fsp3) is 0.160. The maximum Gasteiger partial charge on any atom is 0.416 e. The quantitative estimate of drug-likeness (QED) is 0.165. The predicted molar refractivity (Wildman–Crippen MR) is 133 cm³/mol. The molecule has 1 aromatic heterocycles. The molecular weight excluding hydrogens is 513 g/mol. The smallest absolute Gasteiger partial charge is 0.416 e. The number of benzene rings is 3. The molecule has 0 radical (unpaired) electrons. The first-order valence-electron chi connectivity index (χ1n) is 10.8. The molecule has 4 aromatic rings. The second-order valence-corrected chi connectivity index (χ2v) is 8.60. The van der Waals surface area contributed by atoms with Gasteiger partial charge < -0.3 is 4.74 Å². The Hall–Kier alpha value is -4.25. The van der Waals surface area contributed by atoms with Crippen molar-refractivity contribution >= 4 is 34.4 Å². The first-order valence-corrected chi connectivity index (χ1v) is 11.2. The Bertz CT molecular complexity index is 1600. The van der Waals surface area contributed by atoms with Crippen molar-refractivity contribution in [2.45, 2.75) is 26.1 Å². The van der Waals surface area contributed by atoms with Crippen LogP contribution in [0.2, 0.25) is 5.02 Å². The molecule has 0 aliphatic heterocycles. The number of nitro benzene ring substituents is 1. The maximum absolute atomic E-state index is 13.4. The lowest BCUT2D eigenvalue weighted by Gasteiger charge is -2.14. The second kappa shape index (κ2) is 10.0. The SMILES string of the molecule is CC(C)Oc1c(C=Nn2c(-c3cccc(C(F)(F)F)c3)nc3ccccc3c2=O)cc(Cl)cc1[N+](=O)[O-]. The number of ether oxygens (including phenoxy) is 1. The minimum atomic E-state index is -4.62. The van der Waals surface area contributed by atoms with E-state index in [0.29, 0.717) is 0 Å². The molecule has 0 aliphatic carbocycles. The molecule has 3 aromatic carbocycles. The summed E-state index contributed by atoms with van der Waals surface area (Å²) in [4.78, 5) is 28.7. The lowest BCUT2D eigenvalue weighted by atomic mass is 10.1. The van der Waals surface area contributed by atoms with Gasteiger partial charge in [-0.2, -0.15) is 22.9 Å². The monoisotopic (exact) mass is 530 g/mol. The Kier molecular flexibility index (Phi) is 6.99. The fourth-order valence-electron chi connectivity index (χ4n) is 3.57. The topological polar surface area (TPSA) is 99.6 Å². The van der Waals surface area contributed by atoms with Crippen molar-refractivity contribution in [3.63, 3.8) is 0 Å². The van der Waals surface area contributed by atoms with E-state index in [9.17, 15) is 28.1 Å². The van der Waals surface area contributed by atoms with Crippen LogP contribution in [0.1, 0.15) is 25.0 Å². The highest BCUT2D eigenvalue weighted by Crippen LogP contribution is 2.35. The molecule has 0 spiro atoms. The summed E-state index contributed by atoms with van der Waals surface area (Å²) >= 11 is 6.07. The number of hydrogen-bond acceptors (Lipinski definition) is 6. The lowest BCUT2D eigenvalue weighted by molar-refractivity contribution is -0.386. The van der Waals surface area contributed by atoms with Gasteiger partial charge in [-0.3, -0.25) is 14.9 Å². The average molecular weight is 531 g/mol. The van der Waals surface area contributed by atoms with E-state index in [1.165, 1.54) is 24.3 Å². The van der Waals surface area contributed by atoms with Crippen molar-refractivity contribution in [1.82, 2.24) is 9.66 Å². The Morgan fingerprint density at radius 1 is 1.14 bits per heavy atom. The summed E-state index contributed by atoms with van der Waals surface area (Å²) in [7, 11) is 0. The number of alkyl halides is 3. The largest absolute Gasteiger partial charge is 0.484 e. The molecule has 1 heterocycles. The van der Waals surface area contributed by atoms with Gasteiger partial charge in [0.25, 0.3) is 5.56 Å². The normalized spacial score (nSPS) is 12.0. The highest BCUT2D eigenvalue weighted by atomic mass is 35.5. The number of para-hydroxylation sites is 1. The third-order valence-corrected chi connectivity index (χ3v) is 5.35. The third kappa shape index (κ3) is 5.46. The molecule has 190 valence electrons. The van der Waals surface area contributed by atoms with Gasteiger partial charge in [0.05, 0.1) is 33.7 Å². The maximum atomic E-state index is 13.4. The fourth-order valence-corrected chi connectivity index (χ4v) is 3.79. The standard InChI is InChI=1S/C25H18ClF3N4O4/c1-14(2)37-22-16(11-18(26)12-21(22)33(35)36)13-30-32-23(15-6-5-7-17(10-15)25(27,28)29)31-20-9-4-3-8-19(20)24(32)34/h3-14H,1-2H3. The summed E-state index contributed by atoms with van der Waals surface area (Å²) in [6.45, 7) is 3.34. The van der Waals surface area contributed by atoms with Crippen molar-refractivity contribution in [2.75, 3.05) is 0 Å². The molecule has 0 amide bonds. The van der Waals surface area contributed by atoms with Crippen LogP contribution >= 0.6 is 11.6 Å². The van der Waals surface area contributed by atoms with Gasteiger partial charge in [-0.15, -0.1) is 0 Å². The van der Waals surface area contributed by atoms with Gasteiger partial charge in [-0.25, -0.2) is 4.98 Å². The van der Waals surface area contributed by atoms with Crippen LogP contribution in [0.3, 0.4) is 0 Å². The van der Waals surface area contributed by atoms with Gasteiger partial charge in [-0.05, 0) is 44.2 Å². The highest BCUT2D eigenvalue weighted by Gasteiger charge is 2.31. The summed E-state index contributed by atoms with van der Waals surface area (Å²) in [6.07, 6.45) is -3.95. The van der Waals surface area contributed by atoms with Gasteiger partial charge in [-0.1, -0.05) is 35.9 Å². The van der Waals surface area contributed by atoms with E-state index in [0.717, 1.165) is 29.1 Å². The van der Waals surface area contributed by atoms with Gasteiger partial charge in [0.1, 0.15) is 0 Å². The number of aromatic nitrogens is 2. The van der Waals surface area contributed by atoms with E-state index in [-0.39, 0.29) is 38.6 Å². The minimum absolute atomic E-state index is 0.00874. The van der Waals surface area contributed by atoms with Crippen molar-refractivity contribution in [1.29, 1.82) is 0 Å². The zero-order valence-electron chi connectivity index (χ0n) is 19.4. The molecule has 37 heavy (non-hydrogen) atoms. The first kappa shape index (κ1) is 25.8. The molecule has 0 unspecified atom stereocenters. The minimum Gasteiger partial charge on any atom is -0.484 e. The highest BCUT2D eigenvalue weighted by molar-refractivity contribution is 6.31. The molecule has 0 saturated heterocycles. The number of nitrogens with zero attached hydrogens (tertiary/aromatic N) is 4. The summed E-state index contributed by atoms with van der Waals surface area (Å²) in [5, 5.41) is 16.0. The van der Waals surface area contributed by atoms with Crippen molar-refractivity contribution < 1.29 is 22.8 Å². The number of halogens is 4. The van der Waals surface area contributed by atoms with Crippen LogP contribution in [0.15, 0.2) is 70.6 Å². The van der Waals surface area contributed by atoms with Crippen molar-refractivity contribution in [3.8, 4) is 17.1 Å². The average Bonchev–Trinajstić information content (AvgIpc) is 2.83. The third-order valence-electron chi connectivity index (χ3n) is 5.13. The van der Waals surface area contributed by atoms with E-state index in [1.54, 1.807) is 32.0 Å². The van der Waals surface area contributed by atoms with Gasteiger partial charge in [0.2, 0.25) is 5.75 Å². The summed E-state index contributed by atoms with van der Waals surface area (Å²) in [5.74, 6) is -0.288. The molecule has 12 heteroatoms. The molecular formula is C25H18ClF3N4O4. The van der Waals surface area contributed by atoms with E-state index < -0.39 is 34.0 Å². The summed E-state index contributed by atoms with van der Waals surface area (Å²) in [5.41, 5.74) is -1.66. The van der Waals surface area contributed by atoms with Gasteiger partial charge in [0, 0.05) is 22.2 Å². The molecule has 0 N–H and O–H groups in total. The zero-order chi connectivity index (χ0) is 26.9. The molecule has 0 fully saturated rings. The van der Waals surface area contributed by atoms with E-state index in [1.807, 2.05) is 0 Å². The predicted octanol–water partition coefficient (Wildman–Crippen LogP) is 6.31. The Morgan fingerprint density at radius 3 is 2.54 bits per heavy atom. The number of rotatable bonds is 6. The Morgan fingerprint density at radius 2 is 1.86 bits per heavy atom. The Balaban J connectivity index is 1.97. The summed E-state index contributed by atoms with van der Waals surface area (Å²) in [6, 6.07) is 13.1. The lowest BCUT2D eigenvalue weighted by Crippen LogP contribution is -2.20. The van der Waals surface area contributed by atoms with Crippen molar-refractivity contribution in [3.05, 3.63) is 97.3 Å². The van der Waals surface area contributed by atoms with Crippen LogP contribution in [-0.4, -0.2) is 26.9 Å². The molecule has 0 atom stereocenters. The van der Waals surface area contributed by atoms with Crippen LogP contribution in [0.5, 0.6) is 5.75 Å².